The van der Waals surface area contributed by atoms with E-state index < -0.39 is 5.97 Å². The highest BCUT2D eigenvalue weighted by Gasteiger charge is 2.03. The Hall–Kier alpha value is -1.30. The molecule has 0 aliphatic carbocycles. The molecule has 1 N–H and O–H groups in total. The molecule has 0 aliphatic rings. The predicted molar refractivity (Wildman–Crippen MR) is 158 cm³/mol. The zero-order valence-electron chi connectivity index (χ0n) is 25.9. The van der Waals surface area contributed by atoms with E-state index in [1.54, 1.807) is 0 Å². The second-order valence-electron chi connectivity index (χ2n) is 10.0. The average molecular weight is 593 g/mol. The van der Waals surface area contributed by atoms with Crippen LogP contribution in [0.1, 0.15) is 103 Å². The topological polar surface area (TPSA) is 119 Å². The third-order valence-corrected chi connectivity index (χ3v) is 6.30. The highest BCUT2D eigenvalue weighted by atomic mass is 16.6. The Morgan fingerprint density at radius 2 is 0.732 bits per heavy atom. The lowest BCUT2D eigenvalue weighted by atomic mass is 10.0. The van der Waals surface area contributed by atoms with Crippen LogP contribution in [0.25, 0.3) is 0 Å². The molecule has 0 atom stereocenters. The summed E-state index contributed by atoms with van der Waals surface area (Å²) in [5.41, 5.74) is 0. The standard InChI is InChI=1S/C31H60O10/c1-2-3-4-5-6-7-8-9-10-11-12-13-14-15-31(34)41-29-28-40-27-26-39-25-24-38-23-22-37-21-20-36-19-18-35-17-16-30(32)33/h2-29H2,1H3,(H,32,33). The summed E-state index contributed by atoms with van der Waals surface area (Å²) >= 11 is 0. The maximum atomic E-state index is 11.8. The Labute approximate surface area is 249 Å². The summed E-state index contributed by atoms with van der Waals surface area (Å²) in [5.74, 6) is -1.01. The normalized spacial score (nSPS) is 11.2. The Kier molecular flexibility index (Phi) is 33.8. The van der Waals surface area contributed by atoms with Gasteiger partial charge in [-0.3, -0.25) is 9.59 Å². The van der Waals surface area contributed by atoms with Gasteiger partial charge in [0.2, 0.25) is 0 Å². The van der Waals surface area contributed by atoms with Crippen LogP contribution < -0.4 is 0 Å². The second-order valence-corrected chi connectivity index (χ2v) is 10.0. The molecule has 0 heterocycles. The van der Waals surface area contributed by atoms with E-state index in [0.717, 1.165) is 12.8 Å². The number of carboxylic acid groups (broad SMARTS) is 1. The molecule has 0 unspecified atom stereocenters. The maximum absolute atomic E-state index is 11.8. The molecule has 0 spiro atoms. The van der Waals surface area contributed by atoms with Crippen molar-refractivity contribution in [2.24, 2.45) is 0 Å². The highest BCUT2D eigenvalue weighted by molar-refractivity contribution is 5.69. The molecule has 41 heavy (non-hydrogen) atoms. The van der Waals surface area contributed by atoms with Crippen molar-refractivity contribution < 1.29 is 47.9 Å². The summed E-state index contributed by atoms with van der Waals surface area (Å²) in [4.78, 5) is 22.1. The molecule has 10 nitrogen and oxygen atoms in total. The molecule has 0 radical (unpaired) electrons. The van der Waals surface area contributed by atoms with E-state index in [4.69, 9.17) is 38.3 Å². The van der Waals surface area contributed by atoms with Crippen molar-refractivity contribution >= 4 is 11.9 Å². The minimum Gasteiger partial charge on any atom is -0.481 e. The van der Waals surface area contributed by atoms with Crippen molar-refractivity contribution in [3.63, 3.8) is 0 Å². The van der Waals surface area contributed by atoms with E-state index in [0.29, 0.717) is 79.1 Å². The van der Waals surface area contributed by atoms with E-state index >= 15 is 0 Å². The molecule has 0 saturated carbocycles. The van der Waals surface area contributed by atoms with Crippen LogP contribution in [-0.4, -0.2) is 103 Å². The fourth-order valence-corrected chi connectivity index (χ4v) is 3.93. The largest absolute Gasteiger partial charge is 0.481 e. The number of esters is 1. The highest BCUT2D eigenvalue weighted by Crippen LogP contribution is 2.13. The van der Waals surface area contributed by atoms with Gasteiger partial charge in [-0.1, -0.05) is 84.0 Å². The number of aliphatic carboxylic acids is 1. The SMILES string of the molecule is CCCCCCCCCCCCCCCC(=O)OCCOCCOCCOCCOCCOCCOCCC(=O)O. The van der Waals surface area contributed by atoms with Gasteiger partial charge >= 0.3 is 11.9 Å². The van der Waals surface area contributed by atoms with E-state index in [-0.39, 0.29) is 25.6 Å². The molecule has 0 fully saturated rings. The summed E-state index contributed by atoms with van der Waals surface area (Å²) < 4.78 is 37.3. The third kappa shape index (κ3) is 36.7. The minimum atomic E-state index is -0.872. The van der Waals surface area contributed by atoms with Crippen LogP contribution in [0.2, 0.25) is 0 Å². The first-order chi connectivity index (χ1) is 20.2. The number of rotatable bonds is 35. The number of carboxylic acids is 1. The molecular weight excluding hydrogens is 532 g/mol. The van der Waals surface area contributed by atoms with Crippen molar-refractivity contribution in [1.29, 1.82) is 0 Å². The Morgan fingerprint density at radius 1 is 0.415 bits per heavy atom. The van der Waals surface area contributed by atoms with Gasteiger partial charge in [0, 0.05) is 6.42 Å². The van der Waals surface area contributed by atoms with Gasteiger partial charge in [0.05, 0.1) is 85.7 Å². The van der Waals surface area contributed by atoms with E-state index in [1.165, 1.54) is 70.6 Å². The number of unbranched alkanes of at least 4 members (excludes halogenated alkanes) is 12. The van der Waals surface area contributed by atoms with Crippen molar-refractivity contribution in [3.8, 4) is 0 Å². The Balaban J connectivity index is 3.14. The van der Waals surface area contributed by atoms with Gasteiger partial charge in [-0.05, 0) is 6.42 Å². The summed E-state index contributed by atoms with van der Waals surface area (Å²) in [6, 6.07) is 0. The summed E-state index contributed by atoms with van der Waals surface area (Å²) in [6.07, 6.45) is 17.3. The van der Waals surface area contributed by atoms with Crippen LogP contribution in [-0.2, 0) is 42.7 Å². The molecule has 244 valence electrons. The van der Waals surface area contributed by atoms with E-state index in [1.807, 2.05) is 0 Å². The maximum Gasteiger partial charge on any atom is 0.305 e. The quantitative estimate of drug-likeness (QED) is 0.0737. The third-order valence-electron chi connectivity index (χ3n) is 6.30. The van der Waals surface area contributed by atoms with Crippen LogP contribution in [0, 0.1) is 0 Å². The lowest BCUT2D eigenvalue weighted by Crippen LogP contribution is -2.15. The molecule has 0 aromatic heterocycles. The molecular formula is C31H60O10. The number of ether oxygens (including phenoxy) is 7. The van der Waals surface area contributed by atoms with Crippen molar-refractivity contribution in [2.45, 2.75) is 103 Å². The summed E-state index contributed by atoms with van der Waals surface area (Å²) in [6.45, 7) is 7.61. The lowest BCUT2D eigenvalue weighted by molar-refractivity contribution is -0.145. The van der Waals surface area contributed by atoms with Crippen LogP contribution in [0.4, 0.5) is 0 Å². The summed E-state index contributed by atoms with van der Waals surface area (Å²) in [5, 5.41) is 8.48. The molecule has 10 heteroatoms. The van der Waals surface area contributed by atoms with Gasteiger partial charge in [-0.25, -0.2) is 0 Å². The van der Waals surface area contributed by atoms with Crippen molar-refractivity contribution in [2.75, 3.05) is 85.9 Å². The zero-order valence-corrected chi connectivity index (χ0v) is 25.9. The second kappa shape index (κ2) is 34.9. The molecule has 0 aromatic carbocycles. The predicted octanol–water partition coefficient (Wildman–Crippen LogP) is 5.59. The van der Waals surface area contributed by atoms with Crippen LogP contribution in [0.5, 0.6) is 0 Å². The van der Waals surface area contributed by atoms with E-state index in [2.05, 4.69) is 6.92 Å². The fraction of sp³-hybridized carbons (Fsp3) is 0.935. The molecule has 0 rings (SSSR count). The van der Waals surface area contributed by atoms with Crippen LogP contribution in [0.15, 0.2) is 0 Å². The zero-order chi connectivity index (χ0) is 29.9. The fourth-order valence-electron chi connectivity index (χ4n) is 3.93. The van der Waals surface area contributed by atoms with Crippen molar-refractivity contribution in [3.05, 3.63) is 0 Å². The number of carbonyl (C=O) groups excluding carboxylic acids is 1. The smallest absolute Gasteiger partial charge is 0.305 e. The first kappa shape index (κ1) is 39.7. The molecule has 0 saturated heterocycles. The van der Waals surface area contributed by atoms with E-state index in [9.17, 15) is 9.59 Å². The first-order valence-electron chi connectivity index (χ1n) is 16.0. The molecule has 0 aliphatic heterocycles. The van der Waals surface area contributed by atoms with Gasteiger partial charge in [0.25, 0.3) is 0 Å². The van der Waals surface area contributed by atoms with Crippen LogP contribution >= 0.6 is 0 Å². The molecule has 0 bridgehead atoms. The number of hydrogen-bond donors (Lipinski definition) is 1. The Bertz CT molecular complexity index is 547. The average Bonchev–Trinajstić information content (AvgIpc) is 2.96. The van der Waals surface area contributed by atoms with Gasteiger partial charge < -0.3 is 38.3 Å². The molecule has 0 amide bonds. The Morgan fingerprint density at radius 3 is 1.10 bits per heavy atom. The summed E-state index contributed by atoms with van der Waals surface area (Å²) in [7, 11) is 0. The molecule has 0 aromatic rings. The minimum absolute atomic E-state index is 0.000161. The van der Waals surface area contributed by atoms with Gasteiger partial charge in [-0.2, -0.15) is 0 Å². The van der Waals surface area contributed by atoms with Gasteiger partial charge in [0.15, 0.2) is 0 Å². The lowest BCUT2D eigenvalue weighted by Gasteiger charge is -2.08. The van der Waals surface area contributed by atoms with Gasteiger partial charge in [-0.15, -0.1) is 0 Å². The number of hydrogen-bond acceptors (Lipinski definition) is 9. The number of carbonyl (C=O) groups is 2. The van der Waals surface area contributed by atoms with Crippen molar-refractivity contribution in [1.82, 2.24) is 0 Å². The van der Waals surface area contributed by atoms with Crippen LogP contribution in [0.3, 0.4) is 0 Å². The van der Waals surface area contributed by atoms with Gasteiger partial charge in [0.1, 0.15) is 6.61 Å². The first-order valence-corrected chi connectivity index (χ1v) is 16.0. The monoisotopic (exact) mass is 592 g/mol.